The molecule has 0 saturated carbocycles. The highest BCUT2D eigenvalue weighted by Gasteiger charge is 2.19. The number of hydrogen-bond acceptors (Lipinski definition) is 2. The molecular weight excluding hydrogens is 309 g/mol. The molecule has 0 spiro atoms. The molecular formula is C16H9ClFNO3. The number of rotatable bonds is 2. The normalized spacial score (nSPS) is 10.8. The van der Waals surface area contributed by atoms with E-state index in [1.54, 1.807) is 24.3 Å². The molecule has 0 amide bonds. The van der Waals surface area contributed by atoms with Crippen molar-refractivity contribution in [2.45, 2.75) is 0 Å². The standard InChI is InChI=1S/C16H9ClFNO3/c17-9-3-1-2-8(6-9)14-13(16(21)22)15(20)11-7-10(18)4-5-12(11)19-14/h1-7H,(H,19,20)(H,21,22). The van der Waals surface area contributed by atoms with Crippen LogP contribution >= 0.6 is 11.6 Å². The van der Waals surface area contributed by atoms with Gasteiger partial charge < -0.3 is 10.1 Å². The largest absolute Gasteiger partial charge is 0.477 e. The number of carbonyl (C=O) groups is 1. The number of carboxylic acids is 1. The molecule has 6 heteroatoms. The molecule has 0 aliphatic heterocycles. The maximum atomic E-state index is 13.3. The number of pyridine rings is 1. The molecule has 0 bridgehead atoms. The van der Waals surface area contributed by atoms with Crippen LogP contribution in [0.2, 0.25) is 5.02 Å². The minimum Gasteiger partial charge on any atom is -0.477 e. The fourth-order valence-corrected chi connectivity index (χ4v) is 2.51. The van der Waals surface area contributed by atoms with Crippen molar-refractivity contribution >= 4 is 28.5 Å². The number of aromatic nitrogens is 1. The lowest BCUT2D eigenvalue weighted by Gasteiger charge is -2.09. The summed E-state index contributed by atoms with van der Waals surface area (Å²) in [6.07, 6.45) is 0. The Labute approximate surface area is 128 Å². The predicted molar refractivity (Wildman–Crippen MR) is 81.9 cm³/mol. The second kappa shape index (κ2) is 5.27. The SMILES string of the molecule is O=C(O)c1c(-c2cccc(Cl)c2)[nH]c2ccc(F)cc2c1=O. The summed E-state index contributed by atoms with van der Waals surface area (Å²) >= 11 is 5.92. The Morgan fingerprint density at radius 3 is 2.64 bits per heavy atom. The Morgan fingerprint density at radius 2 is 1.95 bits per heavy atom. The number of fused-ring (bicyclic) bond motifs is 1. The Morgan fingerprint density at radius 1 is 1.18 bits per heavy atom. The number of H-pyrrole nitrogens is 1. The Kier molecular flexibility index (Phi) is 3.42. The first-order chi connectivity index (χ1) is 10.5. The maximum Gasteiger partial charge on any atom is 0.341 e. The van der Waals surface area contributed by atoms with E-state index >= 15 is 0 Å². The van der Waals surface area contributed by atoms with Crippen LogP contribution in [0.5, 0.6) is 0 Å². The molecule has 0 aliphatic rings. The van der Waals surface area contributed by atoms with Crippen LogP contribution in [0.1, 0.15) is 10.4 Å². The molecule has 0 fully saturated rings. The lowest BCUT2D eigenvalue weighted by molar-refractivity contribution is 0.0696. The topological polar surface area (TPSA) is 70.2 Å². The van der Waals surface area contributed by atoms with Crippen molar-refractivity contribution in [2.75, 3.05) is 0 Å². The predicted octanol–water partition coefficient (Wildman–Crippen LogP) is 3.69. The van der Waals surface area contributed by atoms with Crippen molar-refractivity contribution < 1.29 is 14.3 Å². The third kappa shape index (κ3) is 2.35. The highest BCUT2D eigenvalue weighted by atomic mass is 35.5. The van der Waals surface area contributed by atoms with Crippen LogP contribution in [0.25, 0.3) is 22.2 Å². The monoisotopic (exact) mass is 317 g/mol. The van der Waals surface area contributed by atoms with Crippen molar-refractivity contribution in [3.8, 4) is 11.3 Å². The minimum atomic E-state index is -1.39. The van der Waals surface area contributed by atoms with Gasteiger partial charge >= 0.3 is 5.97 Å². The Bertz CT molecular complexity index is 965. The first-order valence-electron chi connectivity index (χ1n) is 6.32. The lowest BCUT2D eigenvalue weighted by atomic mass is 10.0. The van der Waals surface area contributed by atoms with Crippen LogP contribution in [-0.2, 0) is 0 Å². The summed E-state index contributed by atoms with van der Waals surface area (Å²) in [5.74, 6) is -1.99. The molecule has 0 unspecified atom stereocenters. The molecule has 22 heavy (non-hydrogen) atoms. The van der Waals surface area contributed by atoms with Crippen LogP contribution in [-0.4, -0.2) is 16.1 Å². The summed E-state index contributed by atoms with van der Waals surface area (Å²) in [6, 6.07) is 10.1. The molecule has 1 aromatic heterocycles. The van der Waals surface area contributed by atoms with Gasteiger partial charge in [-0.05, 0) is 30.3 Å². The van der Waals surface area contributed by atoms with Gasteiger partial charge in [0.1, 0.15) is 11.4 Å². The summed E-state index contributed by atoms with van der Waals surface area (Å²) < 4.78 is 13.3. The highest BCUT2D eigenvalue weighted by molar-refractivity contribution is 6.30. The van der Waals surface area contributed by atoms with Gasteiger partial charge in [-0.2, -0.15) is 0 Å². The molecule has 3 aromatic rings. The zero-order valence-corrected chi connectivity index (χ0v) is 11.8. The molecule has 110 valence electrons. The van der Waals surface area contributed by atoms with E-state index in [0.29, 0.717) is 16.1 Å². The van der Waals surface area contributed by atoms with E-state index in [2.05, 4.69) is 4.98 Å². The fourth-order valence-electron chi connectivity index (χ4n) is 2.32. The summed E-state index contributed by atoms with van der Waals surface area (Å²) in [5.41, 5.74) is -0.227. The quantitative estimate of drug-likeness (QED) is 0.757. The second-order valence-corrected chi connectivity index (χ2v) is 5.15. The van der Waals surface area contributed by atoms with Gasteiger partial charge in [0.05, 0.1) is 5.69 Å². The number of aromatic amines is 1. The van der Waals surface area contributed by atoms with Crippen LogP contribution in [0, 0.1) is 5.82 Å². The zero-order chi connectivity index (χ0) is 15.9. The molecule has 4 nitrogen and oxygen atoms in total. The maximum absolute atomic E-state index is 13.3. The third-order valence-electron chi connectivity index (χ3n) is 3.29. The smallest absolute Gasteiger partial charge is 0.341 e. The number of nitrogens with one attached hydrogen (secondary N) is 1. The number of aromatic carboxylic acids is 1. The molecule has 0 aliphatic carbocycles. The first-order valence-corrected chi connectivity index (χ1v) is 6.70. The summed E-state index contributed by atoms with van der Waals surface area (Å²) in [7, 11) is 0. The summed E-state index contributed by atoms with van der Waals surface area (Å²) in [5, 5.41) is 9.76. The average molecular weight is 318 g/mol. The van der Waals surface area contributed by atoms with E-state index in [-0.39, 0.29) is 11.1 Å². The third-order valence-corrected chi connectivity index (χ3v) is 3.53. The van der Waals surface area contributed by atoms with E-state index < -0.39 is 22.8 Å². The van der Waals surface area contributed by atoms with Gasteiger partial charge in [-0.15, -0.1) is 0 Å². The molecule has 1 heterocycles. The zero-order valence-electron chi connectivity index (χ0n) is 11.1. The van der Waals surface area contributed by atoms with Gasteiger partial charge in [-0.25, -0.2) is 9.18 Å². The van der Waals surface area contributed by atoms with Gasteiger partial charge in [-0.1, -0.05) is 23.7 Å². The highest BCUT2D eigenvalue weighted by Crippen LogP contribution is 2.25. The lowest BCUT2D eigenvalue weighted by Crippen LogP contribution is -2.18. The van der Waals surface area contributed by atoms with Gasteiger partial charge in [0, 0.05) is 21.5 Å². The molecule has 0 radical (unpaired) electrons. The molecule has 3 rings (SSSR count). The van der Waals surface area contributed by atoms with Gasteiger partial charge in [-0.3, -0.25) is 4.79 Å². The van der Waals surface area contributed by atoms with Crippen molar-refractivity contribution in [1.29, 1.82) is 0 Å². The Hall–Kier alpha value is -2.66. The summed E-state index contributed by atoms with van der Waals surface area (Å²) in [6.45, 7) is 0. The van der Waals surface area contributed by atoms with E-state index in [4.69, 9.17) is 11.6 Å². The van der Waals surface area contributed by atoms with Crippen molar-refractivity contribution in [3.63, 3.8) is 0 Å². The van der Waals surface area contributed by atoms with Gasteiger partial charge in [0.15, 0.2) is 0 Å². The number of halogens is 2. The second-order valence-electron chi connectivity index (χ2n) is 4.71. The Balaban J connectivity index is 2.44. The van der Waals surface area contributed by atoms with Crippen molar-refractivity contribution in [3.05, 3.63) is 69.1 Å². The number of carboxylic acid groups (broad SMARTS) is 1. The van der Waals surface area contributed by atoms with Crippen LogP contribution < -0.4 is 5.43 Å². The van der Waals surface area contributed by atoms with E-state index in [1.165, 1.54) is 12.1 Å². The van der Waals surface area contributed by atoms with Gasteiger partial charge in [0.25, 0.3) is 0 Å². The van der Waals surface area contributed by atoms with Crippen LogP contribution in [0.15, 0.2) is 47.3 Å². The number of benzene rings is 2. The molecule has 0 atom stereocenters. The number of hydrogen-bond donors (Lipinski definition) is 2. The average Bonchev–Trinajstić information content (AvgIpc) is 2.47. The van der Waals surface area contributed by atoms with E-state index in [9.17, 15) is 19.1 Å². The van der Waals surface area contributed by atoms with Crippen molar-refractivity contribution in [2.24, 2.45) is 0 Å². The van der Waals surface area contributed by atoms with E-state index in [0.717, 1.165) is 6.07 Å². The fraction of sp³-hybridized carbons (Fsp3) is 0. The van der Waals surface area contributed by atoms with Gasteiger partial charge in [0.2, 0.25) is 5.43 Å². The molecule has 0 saturated heterocycles. The van der Waals surface area contributed by atoms with E-state index in [1.807, 2.05) is 0 Å². The van der Waals surface area contributed by atoms with Crippen LogP contribution in [0.3, 0.4) is 0 Å². The molecule has 2 N–H and O–H groups in total. The first kappa shape index (κ1) is 14.3. The van der Waals surface area contributed by atoms with Crippen LogP contribution in [0.4, 0.5) is 4.39 Å². The molecule has 2 aromatic carbocycles. The summed E-state index contributed by atoms with van der Waals surface area (Å²) in [4.78, 5) is 26.8. The minimum absolute atomic E-state index is 0.0109. The van der Waals surface area contributed by atoms with Crippen molar-refractivity contribution in [1.82, 2.24) is 4.98 Å².